The molecule has 1 amide bonds. The maximum Gasteiger partial charge on any atom is 0.224 e. The van der Waals surface area contributed by atoms with E-state index in [0.29, 0.717) is 12.5 Å². The Morgan fingerprint density at radius 2 is 2.18 bits per heavy atom. The largest absolute Gasteiger partial charge is 0.361 e. The number of aromatic nitrogens is 1. The molecule has 0 spiro atoms. The van der Waals surface area contributed by atoms with Crippen molar-refractivity contribution in [1.82, 2.24) is 10.3 Å². The van der Waals surface area contributed by atoms with E-state index in [1.54, 1.807) is 0 Å². The summed E-state index contributed by atoms with van der Waals surface area (Å²) in [5.74, 6) is 0.138. The van der Waals surface area contributed by atoms with Gasteiger partial charge >= 0.3 is 0 Å². The maximum atomic E-state index is 11.8. The maximum absolute atomic E-state index is 11.8. The van der Waals surface area contributed by atoms with Gasteiger partial charge < -0.3 is 10.3 Å². The molecule has 3 heteroatoms. The van der Waals surface area contributed by atoms with Crippen LogP contribution in [-0.2, 0) is 11.2 Å². The van der Waals surface area contributed by atoms with Gasteiger partial charge in [-0.05, 0) is 30.9 Å². The molecular formula is C14H16N2O. The Hall–Kier alpha value is -1.77. The summed E-state index contributed by atoms with van der Waals surface area (Å²) in [5, 5.41) is 4.22. The number of amides is 1. The molecule has 0 aliphatic heterocycles. The van der Waals surface area contributed by atoms with Crippen molar-refractivity contribution >= 4 is 16.8 Å². The number of fused-ring (bicyclic) bond motifs is 1. The zero-order chi connectivity index (χ0) is 11.7. The molecule has 0 bridgehead atoms. The van der Waals surface area contributed by atoms with E-state index in [1.807, 2.05) is 24.4 Å². The van der Waals surface area contributed by atoms with Gasteiger partial charge in [0.1, 0.15) is 0 Å². The Bertz CT molecular complexity index is 540. The van der Waals surface area contributed by atoms with E-state index in [-0.39, 0.29) is 5.91 Å². The van der Waals surface area contributed by atoms with E-state index < -0.39 is 0 Å². The van der Waals surface area contributed by atoms with Gasteiger partial charge in [-0.15, -0.1) is 0 Å². The lowest BCUT2D eigenvalue weighted by molar-refractivity contribution is -0.121. The van der Waals surface area contributed by atoms with Gasteiger partial charge in [-0.3, -0.25) is 4.79 Å². The molecule has 1 aromatic heterocycles. The third-order valence-electron chi connectivity index (χ3n) is 3.50. The number of aromatic amines is 1. The van der Waals surface area contributed by atoms with Gasteiger partial charge in [0, 0.05) is 23.1 Å². The van der Waals surface area contributed by atoms with Crippen molar-refractivity contribution < 1.29 is 4.79 Å². The van der Waals surface area contributed by atoms with Crippen LogP contribution in [0.5, 0.6) is 0 Å². The summed E-state index contributed by atoms with van der Waals surface area (Å²) in [7, 11) is 0. The number of hydrogen-bond donors (Lipinski definition) is 2. The minimum atomic E-state index is 0.138. The average molecular weight is 228 g/mol. The van der Waals surface area contributed by atoms with Crippen LogP contribution >= 0.6 is 0 Å². The Kier molecular flexibility index (Phi) is 2.59. The first-order valence-electron chi connectivity index (χ1n) is 6.17. The summed E-state index contributed by atoms with van der Waals surface area (Å²) in [6, 6.07) is 8.51. The molecule has 3 rings (SSSR count). The molecule has 0 saturated heterocycles. The van der Waals surface area contributed by atoms with Gasteiger partial charge in [0.05, 0.1) is 6.42 Å². The van der Waals surface area contributed by atoms with Crippen LogP contribution < -0.4 is 5.32 Å². The van der Waals surface area contributed by atoms with E-state index in [9.17, 15) is 4.79 Å². The first-order valence-corrected chi connectivity index (χ1v) is 6.17. The topological polar surface area (TPSA) is 44.9 Å². The Balaban J connectivity index is 1.73. The third-order valence-corrected chi connectivity index (χ3v) is 3.50. The molecule has 3 nitrogen and oxygen atoms in total. The summed E-state index contributed by atoms with van der Waals surface area (Å²) in [6.45, 7) is 0. The number of carbonyl (C=O) groups is 1. The molecule has 0 unspecified atom stereocenters. The van der Waals surface area contributed by atoms with Crippen LogP contribution in [0.25, 0.3) is 10.9 Å². The first-order chi connectivity index (χ1) is 8.33. The molecule has 88 valence electrons. The molecule has 1 aliphatic carbocycles. The van der Waals surface area contributed by atoms with Crippen LogP contribution in [0.2, 0.25) is 0 Å². The highest BCUT2D eigenvalue weighted by molar-refractivity contribution is 5.88. The van der Waals surface area contributed by atoms with E-state index in [4.69, 9.17) is 0 Å². The Labute approximate surface area is 100 Å². The van der Waals surface area contributed by atoms with Crippen LogP contribution in [0.3, 0.4) is 0 Å². The van der Waals surface area contributed by atoms with Crippen molar-refractivity contribution in [3.05, 3.63) is 36.0 Å². The molecular weight excluding hydrogens is 212 g/mol. The van der Waals surface area contributed by atoms with Crippen molar-refractivity contribution in [1.29, 1.82) is 0 Å². The highest BCUT2D eigenvalue weighted by Gasteiger charge is 2.19. The van der Waals surface area contributed by atoms with Gasteiger partial charge in [-0.25, -0.2) is 0 Å². The molecule has 17 heavy (non-hydrogen) atoms. The molecule has 1 heterocycles. The number of hydrogen-bond acceptors (Lipinski definition) is 1. The minimum absolute atomic E-state index is 0.138. The summed E-state index contributed by atoms with van der Waals surface area (Å²) in [6.07, 6.45) is 5.93. The minimum Gasteiger partial charge on any atom is -0.361 e. The smallest absolute Gasteiger partial charge is 0.224 e. The standard InChI is InChI=1S/C14H16N2O/c17-14(16-11-4-3-5-11)8-10-9-15-13-7-2-1-6-12(10)13/h1-2,6-7,9,11,15H,3-5,8H2,(H,16,17). The molecule has 0 atom stereocenters. The van der Waals surface area contributed by atoms with Crippen LogP contribution in [0.1, 0.15) is 24.8 Å². The number of benzene rings is 1. The van der Waals surface area contributed by atoms with E-state index in [2.05, 4.69) is 16.4 Å². The van der Waals surface area contributed by atoms with Crippen LogP contribution in [0, 0.1) is 0 Å². The fourth-order valence-corrected chi connectivity index (χ4v) is 2.28. The molecule has 2 N–H and O–H groups in total. The summed E-state index contributed by atoms with van der Waals surface area (Å²) in [4.78, 5) is 15.0. The predicted molar refractivity (Wildman–Crippen MR) is 67.8 cm³/mol. The Morgan fingerprint density at radius 1 is 1.35 bits per heavy atom. The summed E-state index contributed by atoms with van der Waals surface area (Å²) >= 11 is 0. The van der Waals surface area contributed by atoms with Crippen molar-refractivity contribution in [2.45, 2.75) is 31.7 Å². The lowest BCUT2D eigenvalue weighted by Gasteiger charge is -2.26. The first kappa shape index (κ1) is 10.4. The van der Waals surface area contributed by atoms with Crippen molar-refractivity contribution in [3.63, 3.8) is 0 Å². The highest BCUT2D eigenvalue weighted by Crippen LogP contribution is 2.20. The lowest BCUT2D eigenvalue weighted by Crippen LogP contribution is -2.40. The van der Waals surface area contributed by atoms with E-state index in [1.165, 1.54) is 6.42 Å². The zero-order valence-electron chi connectivity index (χ0n) is 9.70. The monoisotopic (exact) mass is 228 g/mol. The van der Waals surface area contributed by atoms with Crippen LogP contribution in [0.4, 0.5) is 0 Å². The molecule has 2 aromatic rings. The van der Waals surface area contributed by atoms with Gasteiger partial charge in [0.2, 0.25) is 5.91 Å². The van der Waals surface area contributed by atoms with Crippen LogP contribution in [0.15, 0.2) is 30.5 Å². The quantitative estimate of drug-likeness (QED) is 0.832. The molecule has 1 saturated carbocycles. The summed E-state index contributed by atoms with van der Waals surface area (Å²) < 4.78 is 0. The van der Waals surface area contributed by atoms with Crippen molar-refractivity contribution in [3.8, 4) is 0 Å². The SMILES string of the molecule is O=C(Cc1c[nH]c2ccccc12)NC1CCC1. The number of nitrogens with one attached hydrogen (secondary N) is 2. The number of H-pyrrole nitrogens is 1. The molecule has 1 aromatic carbocycles. The fourth-order valence-electron chi connectivity index (χ4n) is 2.28. The third kappa shape index (κ3) is 2.05. The molecule has 1 aliphatic rings. The Morgan fingerprint density at radius 3 is 2.94 bits per heavy atom. The van der Waals surface area contributed by atoms with Gasteiger partial charge in [-0.1, -0.05) is 18.2 Å². The molecule has 0 radical (unpaired) electrons. The highest BCUT2D eigenvalue weighted by atomic mass is 16.1. The van der Waals surface area contributed by atoms with Crippen LogP contribution in [-0.4, -0.2) is 16.9 Å². The van der Waals surface area contributed by atoms with Gasteiger partial charge in [-0.2, -0.15) is 0 Å². The average Bonchev–Trinajstić information content (AvgIpc) is 2.68. The fraction of sp³-hybridized carbons (Fsp3) is 0.357. The second kappa shape index (κ2) is 4.24. The molecule has 1 fully saturated rings. The number of carbonyl (C=O) groups excluding carboxylic acids is 1. The van der Waals surface area contributed by atoms with Crippen molar-refractivity contribution in [2.75, 3.05) is 0 Å². The van der Waals surface area contributed by atoms with Gasteiger partial charge in [0.15, 0.2) is 0 Å². The summed E-state index contributed by atoms with van der Waals surface area (Å²) in [5.41, 5.74) is 2.18. The lowest BCUT2D eigenvalue weighted by atomic mass is 9.93. The zero-order valence-corrected chi connectivity index (χ0v) is 9.70. The van der Waals surface area contributed by atoms with E-state index in [0.717, 1.165) is 29.3 Å². The predicted octanol–water partition coefficient (Wildman–Crippen LogP) is 2.38. The van der Waals surface area contributed by atoms with Gasteiger partial charge in [0.25, 0.3) is 0 Å². The normalized spacial score (nSPS) is 15.8. The second-order valence-electron chi connectivity index (χ2n) is 4.73. The van der Waals surface area contributed by atoms with E-state index >= 15 is 0 Å². The van der Waals surface area contributed by atoms with Crippen molar-refractivity contribution in [2.24, 2.45) is 0 Å². The number of para-hydroxylation sites is 1. The second-order valence-corrected chi connectivity index (χ2v) is 4.73. The number of rotatable bonds is 3.